The summed E-state index contributed by atoms with van der Waals surface area (Å²) in [4.78, 5) is 11.0. The van der Waals surface area contributed by atoms with E-state index in [9.17, 15) is 14.4 Å². The highest BCUT2D eigenvalue weighted by molar-refractivity contribution is 6.12. The number of benzene rings is 3. The molecule has 33 heavy (non-hydrogen) atoms. The number of methoxy groups -OCH3 is 1. The third kappa shape index (κ3) is 6.42. The second-order valence-electron chi connectivity index (χ2n) is 7.01. The molecule has 7 heteroatoms. The molecule has 0 bridgehead atoms. The third-order valence-electron chi connectivity index (χ3n) is 4.84. The van der Waals surface area contributed by atoms with E-state index >= 15 is 0 Å². The molecule has 3 rings (SSSR count). The number of aliphatic carboxylic acids is 1. The van der Waals surface area contributed by atoms with Crippen molar-refractivity contribution < 1.29 is 29.0 Å². The molecule has 1 atom stereocenters. The molecule has 6 nitrogen and oxygen atoms in total. The monoisotopic (exact) mass is 447 g/mol. The highest BCUT2D eigenvalue weighted by Crippen LogP contribution is 2.18. The van der Waals surface area contributed by atoms with Crippen LogP contribution in [0, 0.1) is 17.7 Å². The Bertz CT molecular complexity index is 1180. The van der Waals surface area contributed by atoms with E-state index in [2.05, 4.69) is 17.0 Å². The first-order valence-electron chi connectivity index (χ1n) is 10.1. The lowest BCUT2D eigenvalue weighted by Crippen LogP contribution is -2.24. The van der Waals surface area contributed by atoms with Crippen LogP contribution in [0.1, 0.15) is 22.3 Å². The molecule has 2 N–H and O–H groups in total. The van der Waals surface area contributed by atoms with Crippen molar-refractivity contribution in [3.63, 3.8) is 0 Å². The van der Waals surface area contributed by atoms with Crippen molar-refractivity contribution in [2.24, 2.45) is 5.16 Å². The van der Waals surface area contributed by atoms with Gasteiger partial charge in [0.05, 0.1) is 0 Å². The van der Waals surface area contributed by atoms with E-state index in [0.29, 0.717) is 11.3 Å². The van der Waals surface area contributed by atoms with Gasteiger partial charge in [-0.3, -0.25) is 0 Å². The molecule has 0 saturated heterocycles. The first-order chi connectivity index (χ1) is 16.0. The molecule has 0 aliphatic rings. The number of hydrogen-bond acceptors (Lipinski definition) is 5. The van der Waals surface area contributed by atoms with E-state index in [-0.39, 0.29) is 24.3 Å². The summed E-state index contributed by atoms with van der Waals surface area (Å²) in [7, 11) is 1.37. The Hall–Kier alpha value is -4.15. The molecule has 3 aromatic carbocycles. The van der Waals surface area contributed by atoms with Gasteiger partial charge in [-0.2, -0.15) is 0 Å². The number of ether oxygens (including phenoxy) is 2. The van der Waals surface area contributed by atoms with Gasteiger partial charge in [-0.15, -0.1) is 0 Å². The predicted molar refractivity (Wildman–Crippen MR) is 121 cm³/mol. The molecule has 0 radical (unpaired) electrons. The Morgan fingerprint density at radius 1 is 1.06 bits per heavy atom. The quantitative estimate of drug-likeness (QED) is 0.235. The van der Waals surface area contributed by atoms with Crippen LogP contribution in [0.3, 0.4) is 0 Å². The van der Waals surface area contributed by atoms with Gasteiger partial charge in [0, 0.05) is 30.2 Å². The van der Waals surface area contributed by atoms with Gasteiger partial charge in [0.2, 0.25) is 0 Å². The molecule has 3 aromatic rings. The minimum atomic E-state index is -1.00. The van der Waals surface area contributed by atoms with Crippen LogP contribution in [0.15, 0.2) is 78.0 Å². The summed E-state index contributed by atoms with van der Waals surface area (Å²) >= 11 is 0. The second kappa shape index (κ2) is 11.5. The minimum Gasteiger partial charge on any atom is -0.481 e. The fourth-order valence-corrected chi connectivity index (χ4v) is 3.10. The van der Waals surface area contributed by atoms with Crippen molar-refractivity contribution in [2.75, 3.05) is 13.7 Å². The normalized spacial score (nSPS) is 11.9. The number of carbonyl (C=O) groups is 1. The van der Waals surface area contributed by atoms with Crippen LogP contribution in [0.4, 0.5) is 4.39 Å². The number of halogens is 1. The molecule has 0 amide bonds. The van der Waals surface area contributed by atoms with Gasteiger partial charge in [-0.05, 0) is 54.1 Å². The topological polar surface area (TPSA) is 88.4 Å². The molecule has 0 aliphatic carbocycles. The van der Waals surface area contributed by atoms with Crippen molar-refractivity contribution in [1.82, 2.24) is 0 Å². The molecular weight excluding hydrogens is 425 g/mol. The molecular formula is C26H22FNO5. The molecule has 0 aromatic heterocycles. The van der Waals surface area contributed by atoms with Crippen LogP contribution in [0.5, 0.6) is 5.75 Å². The molecule has 0 spiro atoms. The Balaban J connectivity index is 1.57. The SMILES string of the molecule is CO[C@@H](Cc1ccc(C#CCOc2ccc(/C(=N\O)c3ccccc3F)cc2)cc1)C(=O)O. The summed E-state index contributed by atoms with van der Waals surface area (Å²) < 4.78 is 24.6. The smallest absolute Gasteiger partial charge is 0.333 e. The van der Waals surface area contributed by atoms with Crippen molar-refractivity contribution >= 4 is 11.7 Å². The van der Waals surface area contributed by atoms with Gasteiger partial charge >= 0.3 is 5.97 Å². The summed E-state index contributed by atoms with van der Waals surface area (Å²) in [5, 5.41) is 21.6. The molecule has 0 unspecified atom stereocenters. The van der Waals surface area contributed by atoms with Gasteiger partial charge in [0.1, 0.15) is 23.9 Å². The zero-order chi connectivity index (χ0) is 23.6. The highest BCUT2D eigenvalue weighted by Gasteiger charge is 2.16. The molecule has 0 heterocycles. The van der Waals surface area contributed by atoms with Crippen molar-refractivity contribution in [3.05, 3.63) is 101 Å². The average Bonchev–Trinajstić information content (AvgIpc) is 2.83. The third-order valence-corrected chi connectivity index (χ3v) is 4.84. The zero-order valence-corrected chi connectivity index (χ0v) is 17.9. The number of nitrogens with zero attached hydrogens (tertiary/aromatic N) is 1. The van der Waals surface area contributed by atoms with E-state index in [1.807, 2.05) is 24.3 Å². The summed E-state index contributed by atoms with van der Waals surface area (Å²) in [6.07, 6.45) is -0.605. The Kier molecular flexibility index (Phi) is 8.17. The maximum atomic E-state index is 14.0. The first kappa shape index (κ1) is 23.5. The largest absolute Gasteiger partial charge is 0.481 e. The second-order valence-corrected chi connectivity index (χ2v) is 7.01. The van der Waals surface area contributed by atoms with Gasteiger partial charge in [-0.25, -0.2) is 9.18 Å². The van der Waals surface area contributed by atoms with Gasteiger partial charge in [0.25, 0.3) is 0 Å². The van der Waals surface area contributed by atoms with Gasteiger partial charge < -0.3 is 19.8 Å². The highest BCUT2D eigenvalue weighted by atomic mass is 19.1. The maximum absolute atomic E-state index is 14.0. The van der Waals surface area contributed by atoms with E-state index in [1.54, 1.807) is 42.5 Å². The molecule has 0 aliphatic heterocycles. The summed E-state index contributed by atoms with van der Waals surface area (Å²) in [5.41, 5.74) is 2.48. The first-order valence-corrected chi connectivity index (χ1v) is 10.1. The number of hydrogen-bond donors (Lipinski definition) is 2. The van der Waals surface area contributed by atoms with E-state index in [1.165, 1.54) is 13.2 Å². The van der Waals surface area contributed by atoms with E-state index in [0.717, 1.165) is 11.1 Å². The fraction of sp³-hybridized carbons (Fsp3) is 0.154. The standard InChI is InChI=1S/C26H22FNO5/c1-32-24(26(29)30)17-19-10-8-18(9-11-19)5-4-16-33-21-14-12-20(13-15-21)25(28-31)22-6-2-3-7-23(22)27/h2-3,6-15,24,31H,16-17H2,1H3,(H,29,30)/b28-25+/t24-/m0/s1. The van der Waals surface area contributed by atoms with Crippen LogP contribution in [0.25, 0.3) is 0 Å². The summed E-state index contributed by atoms with van der Waals surface area (Å²) in [5.74, 6) is 4.98. The lowest BCUT2D eigenvalue weighted by atomic mass is 10.0. The van der Waals surface area contributed by atoms with Crippen LogP contribution in [-0.2, 0) is 16.0 Å². The molecule has 0 fully saturated rings. The van der Waals surface area contributed by atoms with Crippen LogP contribution >= 0.6 is 0 Å². The Morgan fingerprint density at radius 3 is 2.36 bits per heavy atom. The average molecular weight is 447 g/mol. The minimum absolute atomic E-state index is 0.128. The van der Waals surface area contributed by atoms with E-state index < -0.39 is 17.9 Å². The van der Waals surface area contributed by atoms with Crippen molar-refractivity contribution in [2.45, 2.75) is 12.5 Å². The number of carboxylic acid groups (broad SMARTS) is 1. The fourth-order valence-electron chi connectivity index (χ4n) is 3.10. The van der Waals surface area contributed by atoms with Crippen molar-refractivity contribution in [3.8, 4) is 17.6 Å². The number of carboxylic acids is 1. The van der Waals surface area contributed by atoms with Crippen LogP contribution in [-0.4, -0.2) is 41.8 Å². The predicted octanol–water partition coefficient (Wildman–Crippen LogP) is 4.12. The van der Waals surface area contributed by atoms with Crippen LogP contribution < -0.4 is 4.74 Å². The maximum Gasteiger partial charge on any atom is 0.333 e. The van der Waals surface area contributed by atoms with Crippen LogP contribution in [0.2, 0.25) is 0 Å². The van der Waals surface area contributed by atoms with Gasteiger partial charge in [-0.1, -0.05) is 41.3 Å². The summed E-state index contributed by atoms with van der Waals surface area (Å²) in [6, 6.07) is 20.0. The van der Waals surface area contributed by atoms with Crippen molar-refractivity contribution in [1.29, 1.82) is 0 Å². The Labute approximate surface area is 190 Å². The summed E-state index contributed by atoms with van der Waals surface area (Å²) in [6.45, 7) is 0.153. The molecule has 168 valence electrons. The lowest BCUT2D eigenvalue weighted by Gasteiger charge is -2.10. The lowest BCUT2D eigenvalue weighted by molar-refractivity contribution is -0.148. The zero-order valence-electron chi connectivity index (χ0n) is 17.9. The Morgan fingerprint density at radius 2 is 1.76 bits per heavy atom. The molecule has 0 saturated carbocycles. The number of oxime groups is 1. The van der Waals surface area contributed by atoms with Gasteiger partial charge in [0.15, 0.2) is 6.10 Å². The van der Waals surface area contributed by atoms with E-state index in [4.69, 9.17) is 14.6 Å². The number of rotatable bonds is 8.